The number of carbonyl (C=O) groups is 1. The van der Waals surface area contributed by atoms with E-state index in [1.165, 1.54) is 11.6 Å². The minimum absolute atomic E-state index is 0.134. The van der Waals surface area contributed by atoms with Gasteiger partial charge in [0.1, 0.15) is 5.15 Å². The van der Waals surface area contributed by atoms with Gasteiger partial charge in [0.15, 0.2) is 0 Å². The smallest absolute Gasteiger partial charge is 0.244 e. The topological polar surface area (TPSA) is 46.9 Å². The number of carbonyl (C=O) groups excluding carboxylic acids is 1. The second kappa shape index (κ2) is 7.09. The fourth-order valence-corrected chi connectivity index (χ4v) is 2.27. The lowest BCUT2D eigenvalue weighted by atomic mass is 10.1. The fourth-order valence-electron chi connectivity index (χ4n) is 2.03. The Kier molecular flexibility index (Phi) is 5.17. The SMILES string of the molecule is Cc1nn(C)c(Cl)c1/C=C/C(=O)NCCc1ccccc1. The van der Waals surface area contributed by atoms with Crippen molar-refractivity contribution in [2.45, 2.75) is 13.3 Å². The Morgan fingerprint density at radius 1 is 1.38 bits per heavy atom. The van der Waals surface area contributed by atoms with E-state index in [0.29, 0.717) is 11.7 Å². The molecule has 21 heavy (non-hydrogen) atoms. The molecule has 1 aromatic heterocycles. The molecule has 0 aliphatic heterocycles. The first-order chi connectivity index (χ1) is 10.1. The number of amides is 1. The average molecular weight is 304 g/mol. The van der Waals surface area contributed by atoms with Gasteiger partial charge in [-0.3, -0.25) is 9.48 Å². The van der Waals surface area contributed by atoms with Crippen molar-refractivity contribution in [2.75, 3.05) is 6.54 Å². The third-order valence-electron chi connectivity index (χ3n) is 3.15. The Morgan fingerprint density at radius 2 is 2.10 bits per heavy atom. The molecule has 5 heteroatoms. The van der Waals surface area contributed by atoms with Crippen LogP contribution < -0.4 is 5.32 Å². The molecule has 2 rings (SSSR count). The third kappa shape index (κ3) is 4.20. The summed E-state index contributed by atoms with van der Waals surface area (Å²) in [7, 11) is 1.77. The van der Waals surface area contributed by atoms with Crippen molar-refractivity contribution in [3.63, 3.8) is 0 Å². The molecule has 0 fully saturated rings. The highest BCUT2D eigenvalue weighted by molar-refractivity contribution is 6.31. The quantitative estimate of drug-likeness (QED) is 0.863. The van der Waals surface area contributed by atoms with Crippen molar-refractivity contribution in [1.82, 2.24) is 15.1 Å². The molecule has 0 radical (unpaired) electrons. The van der Waals surface area contributed by atoms with E-state index >= 15 is 0 Å². The van der Waals surface area contributed by atoms with Crippen LogP contribution in [0.5, 0.6) is 0 Å². The van der Waals surface area contributed by atoms with Gasteiger partial charge in [0.05, 0.1) is 5.69 Å². The largest absolute Gasteiger partial charge is 0.352 e. The van der Waals surface area contributed by atoms with Gasteiger partial charge in [0, 0.05) is 25.2 Å². The first-order valence-electron chi connectivity index (χ1n) is 6.77. The number of rotatable bonds is 5. The maximum Gasteiger partial charge on any atom is 0.244 e. The van der Waals surface area contributed by atoms with Gasteiger partial charge in [-0.1, -0.05) is 41.9 Å². The zero-order valence-corrected chi connectivity index (χ0v) is 12.9. The average Bonchev–Trinajstić information content (AvgIpc) is 2.71. The normalized spacial score (nSPS) is 11.0. The summed E-state index contributed by atoms with van der Waals surface area (Å²) < 4.78 is 1.59. The summed E-state index contributed by atoms with van der Waals surface area (Å²) in [6, 6.07) is 10.0. The van der Waals surface area contributed by atoms with Crippen LogP contribution in [0.1, 0.15) is 16.8 Å². The van der Waals surface area contributed by atoms with Crippen LogP contribution in [0.4, 0.5) is 0 Å². The van der Waals surface area contributed by atoms with Gasteiger partial charge in [-0.05, 0) is 25.0 Å². The lowest BCUT2D eigenvalue weighted by molar-refractivity contribution is -0.116. The molecule has 1 amide bonds. The van der Waals surface area contributed by atoms with E-state index in [1.807, 2.05) is 37.3 Å². The molecule has 0 spiro atoms. The molecule has 4 nitrogen and oxygen atoms in total. The van der Waals surface area contributed by atoms with Crippen molar-refractivity contribution >= 4 is 23.6 Å². The van der Waals surface area contributed by atoms with Crippen LogP contribution in [0, 0.1) is 6.92 Å². The van der Waals surface area contributed by atoms with Crippen molar-refractivity contribution in [2.24, 2.45) is 7.05 Å². The minimum Gasteiger partial charge on any atom is -0.352 e. The molecule has 0 atom stereocenters. The van der Waals surface area contributed by atoms with Gasteiger partial charge >= 0.3 is 0 Å². The summed E-state index contributed by atoms with van der Waals surface area (Å²) in [6.45, 7) is 2.46. The van der Waals surface area contributed by atoms with Crippen LogP contribution in [0.25, 0.3) is 6.08 Å². The van der Waals surface area contributed by atoms with Crippen molar-refractivity contribution in [3.05, 3.63) is 58.4 Å². The number of aromatic nitrogens is 2. The van der Waals surface area contributed by atoms with E-state index < -0.39 is 0 Å². The predicted molar refractivity (Wildman–Crippen MR) is 85.1 cm³/mol. The third-order valence-corrected chi connectivity index (χ3v) is 3.60. The van der Waals surface area contributed by atoms with Crippen molar-refractivity contribution in [1.29, 1.82) is 0 Å². The van der Waals surface area contributed by atoms with Crippen LogP contribution in [0.3, 0.4) is 0 Å². The predicted octanol–water partition coefficient (Wildman–Crippen LogP) is 2.75. The van der Waals surface area contributed by atoms with E-state index in [1.54, 1.807) is 17.8 Å². The van der Waals surface area contributed by atoms with E-state index in [2.05, 4.69) is 10.4 Å². The molecule has 110 valence electrons. The highest BCUT2D eigenvalue weighted by Gasteiger charge is 2.08. The van der Waals surface area contributed by atoms with E-state index in [-0.39, 0.29) is 5.91 Å². The number of benzene rings is 1. The Balaban J connectivity index is 1.86. The van der Waals surface area contributed by atoms with E-state index in [9.17, 15) is 4.79 Å². The van der Waals surface area contributed by atoms with Crippen LogP contribution in [0.15, 0.2) is 36.4 Å². The summed E-state index contributed by atoms with van der Waals surface area (Å²) in [4.78, 5) is 11.8. The Bertz CT molecular complexity index is 647. The fraction of sp³-hybridized carbons (Fsp3) is 0.250. The van der Waals surface area contributed by atoms with Crippen LogP contribution >= 0.6 is 11.6 Å². The zero-order valence-electron chi connectivity index (χ0n) is 12.1. The Labute approximate surface area is 129 Å². The molecule has 1 heterocycles. The molecule has 0 unspecified atom stereocenters. The highest BCUT2D eigenvalue weighted by atomic mass is 35.5. The number of nitrogens with one attached hydrogen (secondary N) is 1. The number of hydrogen-bond donors (Lipinski definition) is 1. The molecule has 1 aromatic carbocycles. The molecule has 0 aliphatic rings. The van der Waals surface area contributed by atoms with Gasteiger partial charge in [-0.2, -0.15) is 5.10 Å². The van der Waals surface area contributed by atoms with Gasteiger partial charge in [0.2, 0.25) is 5.91 Å². The zero-order chi connectivity index (χ0) is 15.2. The number of nitrogens with zero attached hydrogens (tertiary/aromatic N) is 2. The number of hydrogen-bond acceptors (Lipinski definition) is 2. The van der Waals surface area contributed by atoms with Gasteiger partial charge in [-0.25, -0.2) is 0 Å². The lowest BCUT2D eigenvalue weighted by Gasteiger charge is -2.02. The number of halogens is 1. The second-order valence-corrected chi connectivity index (χ2v) is 5.13. The molecule has 0 saturated carbocycles. The van der Waals surface area contributed by atoms with Crippen molar-refractivity contribution in [3.8, 4) is 0 Å². The Hall–Kier alpha value is -2.07. The number of aryl methyl sites for hydroxylation is 2. The maximum absolute atomic E-state index is 11.8. The van der Waals surface area contributed by atoms with Gasteiger partial charge in [-0.15, -0.1) is 0 Å². The molecule has 0 bridgehead atoms. The Morgan fingerprint density at radius 3 is 2.71 bits per heavy atom. The summed E-state index contributed by atoms with van der Waals surface area (Å²) in [6.07, 6.45) is 4.00. The molecule has 0 aliphatic carbocycles. The molecule has 1 N–H and O–H groups in total. The van der Waals surface area contributed by atoms with Crippen molar-refractivity contribution < 1.29 is 4.79 Å². The second-order valence-electron chi connectivity index (χ2n) is 4.77. The van der Waals surface area contributed by atoms with Crippen LogP contribution in [0.2, 0.25) is 5.15 Å². The summed E-state index contributed by atoms with van der Waals surface area (Å²) in [5.74, 6) is -0.134. The first-order valence-corrected chi connectivity index (χ1v) is 7.14. The summed E-state index contributed by atoms with van der Waals surface area (Å²) >= 11 is 6.10. The minimum atomic E-state index is -0.134. The standard InChI is InChI=1S/C16H18ClN3O/c1-12-14(16(17)20(2)19-12)8-9-15(21)18-11-10-13-6-4-3-5-7-13/h3-9H,10-11H2,1-2H3,(H,18,21)/b9-8+. The van der Waals surface area contributed by atoms with E-state index in [0.717, 1.165) is 17.7 Å². The summed E-state index contributed by atoms with van der Waals surface area (Å²) in [5, 5.41) is 7.57. The molecule has 2 aromatic rings. The molecular formula is C16H18ClN3O. The molecule has 0 saturated heterocycles. The van der Waals surface area contributed by atoms with E-state index in [4.69, 9.17) is 11.6 Å². The van der Waals surface area contributed by atoms with Gasteiger partial charge in [0.25, 0.3) is 0 Å². The van der Waals surface area contributed by atoms with Gasteiger partial charge < -0.3 is 5.32 Å². The van der Waals surface area contributed by atoms with Crippen LogP contribution in [-0.4, -0.2) is 22.2 Å². The maximum atomic E-state index is 11.8. The van der Waals surface area contributed by atoms with Crippen LogP contribution in [-0.2, 0) is 18.3 Å². The monoisotopic (exact) mass is 303 g/mol. The molecular weight excluding hydrogens is 286 g/mol. The lowest BCUT2D eigenvalue weighted by Crippen LogP contribution is -2.23. The summed E-state index contributed by atoms with van der Waals surface area (Å²) in [5.41, 5.74) is 2.78. The highest BCUT2D eigenvalue weighted by Crippen LogP contribution is 2.19. The first kappa shape index (κ1) is 15.3.